The van der Waals surface area contributed by atoms with Crippen molar-refractivity contribution in [2.75, 3.05) is 38.1 Å². The van der Waals surface area contributed by atoms with E-state index in [1.54, 1.807) is 17.0 Å². The first-order chi connectivity index (χ1) is 13.8. The minimum atomic E-state index is -0.360. The fraction of sp³-hybridized carbons (Fsp3) is 0.391. The molecule has 4 rings (SSSR count). The molecule has 2 aliphatic rings. The molecule has 0 aromatic heterocycles. The van der Waals surface area contributed by atoms with E-state index in [2.05, 4.69) is 11.0 Å². The van der Waals surface area contributed by atoms with E-state index in [0.717, 1.165) is 17.5 Å². The van der Waals surface area contributed by atoms with Gasteiger partial charge in [-0.05, 0) is 57.6 Å². The molecule has 1 atom stereocenters. The molecule has 0 aliphatic carbocycles. The zero-order chi connectivity index (χ0) is 20.8. The third-order valence-electron chi connectivity index (χ3n) is 6.14. The van der Waals surface area contributed by atoms with Crippen LogP contribution in [0, 0.1) is 19.7 Å². The first-order valence-corrected chi connectivity index (χ1v) is 9.92. The van der Waals surface area contributed by atoms with Gasteiger partial charge in [0.05, 0.1) is 12.1 Å². The second-order valence-corrected chi connectivity index (χ2v) is 8.39. The van der Waals surface area contributed by atoms with Crippen molar-refractivity contribution in [3.63, 3.8) is 0 Å². The average Bonchev–Trinajstić information content (AvgIpc) is 3.09. The molecule has 2 heterocycles. The number of amides is 2. The molecule has 2 fully saturated rings. The molecule has 29 heavy (non-hydrogen) atoms. The molecule has 5 nitrogen and oxygen atoms in total. The SMILES string of the molecule is Cc1cc(C)cc(C(=O)N2CC[C@]3(C2)CN(c2cccc(F)c2)C(=O)CN3C)c1. The van der Waals surface area contributed by atoms with Crippen molar-refractivity contribution >= 4 is 17.5 Å². The topological polar surface area (TPSA) is 43.9 Å². The van der Waals surface area contributed by atoms with Gasteiger partial charge in [0.2, 0.25) is 5.91 Å². The Morgan fingerprint density at radius 3 is 2.48 bits per heavy atom. The molecule has 0 saturated carbocycles. The number of halogens is 1. The zero-order valence-electron chi connectivity index (χ0n) is 17.1. The number of carbonyl (C=O) groups is 2. The van der Waals surface area contributed by atoms with Gasteiger partial charge in [0.15, 0.2) is 0 Å². The zero-order valence-corrected chi connectivity index (χ0v) is 17.1. The van der Waals surface area contributed by atoms with Gasteiger partial charge in [-0.25, -0.2) is 4.39 Å². The minimum absolute atomic E-state index is 0.0243. The number of anilines is 1. The Labute approximate surface area is 170 Å². The Kier molecular flexibility index (Phi) is 4.90. The molecule has 2 amide bonds. The van der Waals surface area contributed by atoms with Crippen LogP contribution in [-0.4, -0.2) is 60.4 Å². The van der Waals surface area contributed by atoms with Gasteiger partial charge in [0.1, 0.15) is 5.82 Å². The van der Waals surface area contributed by atoms with Crippen LogP contribution in [0.5, 0.6) is 0 Å². The third kappa shape index (κ3) is 3.65. The number of carbonyl (C=O) groups excluding carboxylic acids is 2. The van der Waals surface area contributed by atoms with Crippen molar-refractivity contribution in [1.29, 1.82) is 0 Å². The number of likely N-dealkylation sites (tertiary alicyclic amines) is 1. The monoisotopic (exact) mass is 395 g/mol. The number of aryl methyl sites for hydroxylation is 2. The van der Waals surface area contributed by atoms with Gasteiger partial charge in [-0.1, -0.05) is 23.3 Å². The number of benzene rings is 2. The molecule has 0 bridgehead atoms. The Hall–Kier alpha value is -2.73. The minimum Gasteiger partial charge on any atom is -0.337 e. The lowest BCUT2D eigenvalue weighted by molar-refractivity contribution is -0.123. The number of nitrogens with zero attached hydrogens (tertiary/aromatic N) is 3. The van der Waals surface area contributed by atoms with Gasteiger partial charge < -0.3 is 9.80 Å². The van der Waals surface area contributed by atoms with Crippen molar-refractivity contribution in [3.8, 4) is 0 Å². The predicted molar refractivity (Wildman–Crippen MR) is 111 cm³/mol. The Bertz CT molecular complexity index is 956. The predicted octanol–water partition coefficient (Wildman–Crippen LogP) is 3.01. The van der Waals surface area contributed by atoms with Gasteiger partial charge >= 0.3 is 0 Å². The van der Waals surface area contributed by atoms with Crippen molar-refractivity contribution in [1.82, 2.24) is 9.80 Å². The van der Waals surface area contributed by atoms with Gasteiger partial charge in [-0.3, -0.25) is 14.5 Å². The van der Waals surface area contributed by atoms with Crippen molar-refractivity contribution in [3.05, 3.63) is 65.0 Å². The van der Waals surface area contributed by atoms with Gasteiger partial charge in [0.25, 0.3) is 5.91 Å². The second-order valence-electron chi connectivity index (χ2n) is 8.39. The molecule has 6 heteroatoms. The van der Waals surface area contributed by atoms with E-state index in [1.165, 1.54) is 12.1 Å². The highest BCUT2D eigenvalue weighted by Crippen LogP contribution is 2.34. The normalized spacial score (nSPS) is 22.6. The van der Waals surface area contributed by atoms with Crippen molar-refractivity contribution < 1.29 is 14.0 Å². The molecule has 2 aliphatic heterocycles. The molecule has 0 N–H and O–H groups in total. The number of piperazine rings is 1. The molecule has 0 radical (unpaired) electrons. The Morgan fingerprint density at radius 2 is 1.79 bits per heavy atom. The summed E-state index contributed by atoms with van der Waals surface area (Å²) in [5.41, 5.74) is 3.09. The van der Waals surface area contributed by atoms with E-state index in [4.69, 9.17) is 0 Å². The second kappa shape index (κ2) is 7.26. The highest BCUT2D eigenvalue weighted by Gasteiger charge is 2.48. The summed E-state index contributed by atoms with van der Waals surface area (Å²) in [6, 6.07) is 12.0. The summed E-state index contributed by atoms with van der Waals surface area (Å²) in [7, 11) is 1.94. The van der Waals surface area contributed by atoms with Crippen LogP contribution in [0.3, 0.4) is 0 Å². The van der Waals surface area contributed by atoms with Crippen molar-refractivity contribution in [2.24, 2.45) is 0 Å². The van der Waals surface area contributed by atoms with E-state index in [1.807, 2.05) is 37.9 Å². The summed E-state index contributed by atoms with van der Waals surface area (Å²) in [6.45, 7) is 5.87. The largest absolute Gasteiger partial charge is 0.337 e. The summed E-state index contributed by atoms with van der Waals surface area (Å²) in [6.07, 6.45) is 0.777. The Balaban J connectivity index is 1.57. The fourth-order valence-corrected chi connectivity index (χ4v) is 4.59. The molecular weight excluding hydrogens is 369 g/mol. The van der Waals surface area contributed by atoms with Crippen LogP contribution in [0.2, 0.25) is 0 Å². The molecule has 2 aromatic rings. The summed E-state index contributed by atoms with van der Waals surface area (Å²) >= 11 is 0. The summed E-state index contributed by atoms with van der Waals surface area (Å²) in [4.78, 5) is 31.4. The average molecular weight is 395 g/mol. The summed E-state index contributed by atoms with van der Waals surface area (Å²) in [5, 5.41) is 0. The number of hydrogen-bond acceptors (Lipinski definition) is 3. The van der Waals surface area contributed by atoms with Gasteiger partial charge in [0, 0.05) is 30.9 Å². The highest BCUT2D eigenvalue weighted by molar-refractivity contribution is 5.97. The molecule has 1 spiro atoms. The van der Waals surface area contributed by atoms with Gasteiger partial charge in [-0.15, -0.1) is 0 Å². The molecule has 0 unspecified atom stereocenters. The highest BCUT2D eigenvalue weighted by atomic mass is 19.1. The van der Waals surface area contributed by atoms with Crippen LogP contribution in [0.15, 0.2) is 42.5 Å². The van der Waals surface area contributed by atoms with Crippen LogP contribution in [0.4, 0.5) is 10.1 Å². The quantitative estimate of drug-likeness (QED) is 0.785. The summed E-state index contributed by atoms with van der Waals surface area (Å²) < 4.78 is 13.7. The first-order valence-electron chi connectivity index (χ1n) is 9.92. The van der Waals surface area contributed by atoms with Crippen LogP contribution >= 0.6 is 0 Å². The van der Waals surface area contributed by atoms with Crippen LogP contribution in [0.1, 0.15) is 27.9 Å². The summed E-state index contributed by atoms with van der Waals surface area (Å²) in [5.74, 6) is -0.389. The lowest BCUT2D eigenvalue weighted by Crippen LogP contribution is -2.64. The molecule has 152 valence electrons. The number of hydrogen-bond donors (Lipinski definition) is 0. The maximum absolute atomic E-state index is 13.7. The van der Waals surface area contributed by atoms with E-state index in [9.17, 15) is 14.0 Å². The third-order valence-corrected chi connectivity index (χ3v) is 6.14. The van der Waals surface area contributed by atoms with E-state index >= 15 is 0 Å². The van der Waals surface area contributed by atoms with Crippen molar-refractivity contribution in [2.45, 2.75) is 25.8 Å². The maximum atomic E-state index is 13.7. The first kappa shape index (κ1) is 19.6. The lowest BCUT2D eigenvalue weighted by Gasteiger charge is -2.46. The number of rotatable bonds is 2. The molecular formula is C23H26FN3O2. The van der Waals surface area contributed by atoms with Crippen LogP contribution in [-0.2, 0) is 4.79 Å². The molecule has 2 aromatic carbocycles. The fourth-order valence-electron chi connectivity index (χ4n) is 4.59. The van der Waals surface area contributed by atoms with E-state index in [-0.39, 0.29) is 29.7 Å². The van der Waals surface area contributed by atoms with Gasteiger partial charge in [-0.2, -0.15) is 0 Å². The Morgan fingerprint density at radius 1 is 1.07 bits per heavy atom. The standard InChI is InChI=1S/C23H26FN3O2/c1-16-9-17(2)11-18(10-16)22(29)26-8-7-23(14-26)15-27(21(28)13-25(23)3)20-6-4-5-19(24)12-20/h4-6,9-12H,7-8,13-15H2,1-3H3/t23-/m0/s1. The van der Waals surface area contributed by atoms with E-state index < -0.39 is 0 Å². The van der Waals surface area contributed by atoms with Crippen LogP contribution in [0.25, 0.3) is 0 Å². The maximum Gasteiger partial charge on any atom is 0.253 e. The molecule has 2 saturated heterocycles. The van der Waals surface area contributed by atoms with Crippen LogP contribution < -0.4 is 4.90 Å². The van der Waals surface area contributed by atoms with E-state index in [0.29, 0.717) is 30.9 Å². The lowest BCUT2D eigenvalue weighted by atomic mass is 9.92. The number of likely N-dealkylation sites (N-methyl/N-ethyl adjacent to an activating group) is 1. The smallest absolute Gasteiger partial charge is 0.253 e.